The van der Waals surface area contributed by atoms with Crippen LogP contribution < -0.4 is 5.32 Å². The molecule has 0 spiro atoms. The highest BCUT2D eigenvalue weighted by atomic mass is 32.2. The molecule has 0 aliphatic carbocycles. The van der Waals surface area contributed by atoms with E-state index in [0.717, 1.165) is 19.0 Å². The molecule has 0 aromatic carbocycles. The van der Waals surface area contributed by atoms with E-state index in [0.29, 0.717) is 6.04 Å². The highest BCUT2D eigenvalue weighted by Crippen LogP contribution is 2.27. The molecular weight excluding hydrogens is 218 g/mol. The van der Waals surface area contributed by atoms with Gasteiger partial charge in [0.05, 0.1) is 6.04 Å². The van der Waals surface area contributed by atoms with Crippen molar-refractivity contribution in [1.29, 1.82) is 0 Å². The molecule has 1 saturated heterocycles. The minimum absolute atomic E-state index is 0.470. The quantitative estimate of drug-likeness (QED) is 0.808. The maximum Gasteiger partial charge on any atom is 0.126 e. The zero-order chi connectivity index (χ0) is 11.0. The largest absolute Gasteiger partial charge is 0.330 e. The van der Waals surface area contributed by atoms with Gasteiger partial charge in [0.15, 0.2) is 0 Å². The van der Waals surface area contributed by atoms with Gasteiger partial charge in [-0.2, -0.15) is 11.8 Å². The number of rotatable bonds is 1. The molecule has 1 aromatic rings. The van der Waals surface area contributed by atoms with Gasteiger partial charge < -0.3 is 9.88 Å². The molecule has 1 N–H and O–H groups in total. The highest BCUT2D eigenvalue weighted by Gasteiger charge is 2.24. The molecule has 16 heavy (non-hydrogen) atoms. The molecule has 0 saturated carbocycles. The predicted octanol–water partition coefficient (Wildman–Crippen LogP) is 1.84. The minimum Gasteiger partial charge on any atom is -0.330 e. The van der Waals surface area contributed by atoms with Crippen molar-refractivity contribution >= 4 is 11.8 Å². The molecular formula is C12H19N3S. The number of thioether (sulfide) groups is 1. The van der Waals surface area contributed by atoms with E-state index in [1.165, 1.54) is 35.9 Å². The van der Waals surface area contributed by atoms with E-state index in [4.69, 9.17) is 0 Å². The number of aromatic nitrogens is 2. The van der Waals surface area contributed by atoms with Crippen LogP contribution in [-0.2, 0) is 13.0 Å². The van der Waals surface area contributed by atoms with Crippen molar-refractivity contribution in [2.45, 2.75) is 32.4 Å². The van der Waals surface area contributed by atoms with Gasteiger partial charge in [-0.3, -0.25) is 0 Å². The second-order valence-electron chi connectivity index (χ2n) is 4.94. The van der Waals surface area contributed by atoms with Gasteiger partial charge in [0, 0.05) is 36.5 Å². The molecule has 0 amide bonds. The molecule has 2 aliphatic heterocycles. The molecule has 2 aliphatic rings. The predicted molar refractivity (Wildman–Crippen MR) is 67.8 cm³/mol. The molecule has 4 heteroatoms. The van der Waals surface area contributed by atoms with E-state index < -0.39 is 0 Å². The van der Waals surface area contributed by atoms with E-state index in [9.17, 15) is 0 Å². The second kappa shape index (κ2) is 4.41. The lowest BCUT2D eigenvalue weighted by atomic mass is 10.0. The van der Waals surface area contributed by atoms with Gasteiger partial charge in [0.2, 0.25) is 0 Å². The summed E-state index contributed by atoms with van der Waals surface area (Å²) in [6, 6.07) is 0.470. The summed E-state index contributed by atoms with van der Waals surface area (Å²) in [6.45, 7) is 4.62. The van der Waals surface area contributed by atoms with Gasteiger partial charge in [-0.1, -0.05) is 6.92 Å². The molecule has 1 aromatic heterocycles. The average Bonchev–Trinajstić information content (AvgIpc) is 2.73. The average molecular weight is 237 g/mol. The Hall–Kier alpha value is -0.480. The van der Waals surface area contributed by atoms with Crippen molar-refractivity contribution in [3.63, 3.8) is 0 Å². The zero-order valence-electron chi connectivity index (χ0n) is 9.78. The van der Waals surface area contributed by atoms with Crippen molar-refractivity contribution in [2.75, 3.05) is 18.1 Å². The Labute approximate surface area is 101 Å². The summed E-state index contributed by atoms with van der Waals surface area (Å²) in [5, 5.41) is 3.58. The van der Waals surface area contributed by atoms with E-state index in [-0.39, 0.29) is 0 Å². The molecule has 88 valence electrons. The van der Waals surface area contributed by atoms with Crippen LogP contribution in [0.4, 0.5) is 0 Å². The zero-order valence-corrected chi connectivity index (χ0v) is 10.6. The number of nitrogens with zero attached hydrogens (tertiary/aromatic N) is 2. The van der Waals surface area contributed by atoms with E-state index in [1.807, 2.05) is 11.8 Å². The first-order valence-corrected chi connectivity index (χ1v) is 7.35. The Morgan fingerprint density at radius 3 is 3.31 bits per heavy atom. The number of nitrogens with one attached hydrogen (secondary N) is 1. The van der Waals surface area contributed by atoms with Crippen molar-refractivity contribution in [2.24, 2.45) is 5.92 Å². The van der Waals surface area contributed by atoms with Crippen molar-refractivity contribution < 1.29 is 0 Å². The molecule has 0 bridgehead atoms. The third-order valence-electron chi connectivity index (χ3n) is 3.59. The van der Waals surface area contributed by atoms with Crippen molar-refractivity contribution in [1.82, 2.24) is 14.9 Å². The van der Waals surface area contributed by atoms with Crippen LogP contribution in [0.5, 0.6) is 0 Å². The molecule has 3 rings (SSSR count). The highest BCUT2D eigenvalue weighted by molar-refractivity contribution is 7.99. The summed E-state index contributed by atoms with van der Waals surface area (Å²) in [5.41, 5.74) is 1.44. The third-order valence-corrected chi connectivity index (χ3v) is 4.65. The fourth-order valence-corrected chi connectivity index (χ4v) is 3.58. The normalized spacial score (nSPS) is 30.1. The Balaban J connectivity index is 1.86. The lowest BCUT2D eigenvalue weighted by Crippen LogP contribution is -2.33. The van der Waals surface area contributed by atoms with Gasteiger partial charge in [-0.15, -0.1) is 0 Å². The molecule has 2 unspecified atom stereocenters. The number of hydrogen-bond donors (Lipinski definition) is 1. The lowest BCUT2D eigenvalue weighted by molar-refractivity contribution is 0.379. The Kier molecular flexibility index (Phi) is 2.94. The maximum absolute atomic E-state index is 4.64. The Morgan fingerprint density at radius 2 is 2.50 bits per heavy atom. The van der Waals surface area contributed by atoms with Crippen LogP contribution in [0.1, 0.15) is 30.9 Å². The fraction of sp³-hybridized carbons (Fsp3) is 0.750. The van der Waals surface area contributed by atoms with Crippen LogP contribution in [-0.4, -0.2) is 27.6 Å². The summed E-state index contributed by atoms with van der Waals surface area (Å²) < 4.78 is 2.46. The van der Waals surface area contributed by atoms with Crippen molar-refractivity contribution in [3.05, 3.63) is 17.7 Å². The summed E-state index contributed by atoms with van der Waals surface area (Å²) in [6.07, 6.45) is 4.61. The first-order chi connectivity index (χ1) is 7.84. The first-order valence-electron chi connectivity index (χ1n) is 6.20. The first kappa shape index (κ1) is 10.7. The summed E-state index contributed by atoms with van der Waals surface area (Å²) in [4.78, 5) is 4.64. The van der Waals surface area contributed by atoms with Gasteiger partial charge in [0.1, 0.15) is 5.82 Å². The minimum atomic E-state index is 0.470. The van der Waals surface area contributed by atoms with E-state index in [1.54, 1.807) is 0 Å². The topological polar surface area (TPSA) is 29.9 Å². The third kappa shape index (κ3) is 1.89. The summed E-state index contributed by atoms with van der Waals surface area (Å²) >= 11 is 2.04. The van der Waals surface area contributed by atoms with Crippen LogP contribution in [0.3, 0.4) is 0 Å². The van der Waals surface area contributed by atoms with E-state index >= 15 is 0 Å². The molecule has 0 radical (unpaired) electrons. The Morgan fingerprint density at radius 1 is 1.56 bits per heavy atom. The van der Waals surface area contributed by atoms with Crippen LogP contribution in [0.15, 0.2) is 6.20 Å². The van der Waals surface area contributed by atoms with Crippen LogP contribution >= 0.6 is 11.8 Å². The number of imidazole rings is 1. The van der Waals surface area contributed by atoms with Crippen molar-refractivity contribution in [3.8, 4) is 0 Å². The van der Waals surface area contributed by atoms with Gasteiger partial charge in [-0.25, -0.2) is 4.98 Å². The number of hydrogen-bond acceptors (Lipinski definition) is 3. The monoisotopic (exact) mass is 237 g/mol. The lowest BCUT2D eigenvalue weighted by Gasteiger charge is -2.27. The molecule has 3 nitrogen and oxygen atoms in total. The Bertz CT molecular complexity index is 368. The van der Waals surface area contributed by atoms with Gasteiger partial charge in [-0.05, 0) is 18.8 Å². The van der Waals surface area contributed by atoms with Gasteiger partial charge in [0.25, 0.3) is 0 Å². The fourth-order valence-electron chi connectivity index (χ4n) is 2.64. The standard InChI is InChI=1S/C12H19N3S/c1-9-2-3-10-6-14-12(15(10)7-9)11-8-16-5-4-13-11/h6,9,11,13H,2-5,7-8H2,1H3. The van der Waals surface area contributed by atoms with E-state index in [2.05, 4.69) is 28.0 Å². The molecule has 2 atom stereocenters. The van der Waals surface area contributed by atoms with Gasteiger partial charge >= 0.3 is 0 Å². The molecule has 1 fully saturated rings. The molecule has 3 heterocycles. The van der Waals surface area contributed by atoms with Crippen LogP contribution in [0.2, 0.25) is 0 Å². The smallest absolute Gasteiger partial charge is 0.126 e. The van der Waals surface area contributed by atoms with Crippen LogP contribution in [0, 0.1) is 5.92 Å². The summed E-state index contributed by atoms with van der Waals surface area (Å²) in [7, 11) is 0. The summed E-state index contributed by atoms with van der Waals surface area (Å²) in [5.74, 6) is 4.48. The second-order valence-corrected chi connectivity index (χ2v) is 6.09. The SMILES string of the molecule is CC1CCc2cnc(C3CSCCN3)n2C1. The maximum atomic E-state index is 4.64. The number of aryl methyl sites for hydroxylation is 1. The number of fused-ring (bicyclic) bond motifs is 1. The van der Waals surface area contributed by atoms with Crippen LogP contribution in [0.25, 0.3) is 0 Å².